The number of aliphatic carboxylic acids is 1. The molecule has 0 saturated carbocycles. The van der Waals surface area contributed by atoms with Gasteiger partial charge in [0.25, 0.3) is 0 Å². The number of amides is 1. The summed E-state index contributed by atoms with van der Waals surface area (Å²) in [6.07, 6.45) is -5.08. The topological polar surface area (TPSA) is 74.0 Å². The number of likely N-dealkylation sites (tertiary alicyclic amines) is 2. The van der Waals surface area contributed by atoms with Crippen molar-refractivity contribution in [3.63, 3.8) is 0 Å². The summed E-state index contributed by atoms with van der Waals surface area (Å²) in [6.45, 7) is 8.34. The molecule has 31 heavy (non-hydrogen) atoms. The fourth-order valence-corrected chi connectivity index (χ4v) is 4.13. The summed E-state index contributed by atoms with van der Waals surface area (Å²) >= 11 is 0. The van der Waals surface area contributed by atoms with Gasteiger partial charge in [-0.25, -0.2) is 4.79 Å². The second-order valence-corrected chi connectivity index (χ2v) is 8.08. The first-order valence-corrected chi connectivity index (χ1v) is 9.95. The highest BCUT2D eigenvalue weighted by molar-refractivity contribution is 5.82. The van der Waals surface area contributed by atoms with E-state index in [0.717, 1.165) is 44.2 Å². The molecule has 2 aliphatic heterocycles. The third kappa shape index (κ3) is 5.88. The molecule has 1 aromatic carbocycles. The first-order chi connectivity index (χ1) is 14.5. The minimum Gasteiger partial charge on any atom is -0.475 e. The number of carboxylic acid groups (broad SMARTS) is 1. The second-order valence-electron chi connectivity index (χ2n) is 8.08. The van der Waals surface area contributed by atoms with Gasteiger partial charge in [-0.2, -0.15) is 13.2 Å². The van der Waals surface area contributed by atoms with E-state index in [4.69, 9.17) is 14.3 Å². The Bertz CT molecular complexity index is 941. The average molecular weight is 438 g/mol. The van der Waals surface area contributed by atoms with E-state index in [2.05, 4.69) is 36.1 Å². The molecule has 9 heteroatoms. The number of carbonyl (C=O) groups is 2. The fraction of sp³-hybridized carbons (Fsp3) is 0.455. The van der Waals surface area contributed by atoms with Crippen LogP contribution in [-0.2, 0) is 22.7 Å². The van der Waals surface area contributed by atoms with Gasteiger partial charge in [0.1, 0.15) is 11.5 Å². The second kappa shape index (κ2) is 9.13. The highest BCUT2D eigenvalue weighted by Crippen LogP contribution is 2.34. The Kier molecular flexibility index (Phi) is 6.74. The van der Waals surface area contributed by atoms with Gasteiger partial charge in [0, 0.05) is 32.1 Å². The molecule has 4 rings (SSSR count). The van der Waals surface area contributed by atoms with Crippen molar-refractivity contribution in [1.29, 1.82) is 0 Å². The minimum absolute atomic E-state index is 0.158. The van der Waals surface area contributed by atoms with Gasteiger partial charge in [-0.15, -0.1) is 0 Å². The van der Waals surface area contributed by atoms with E-state index < -0.39 is 12.1 Å². The van der Waals surface area contributed by atoms with Crippen LogP contribution in [0.5, 0.6) is 0 Å². The van der Waals surface area contributed by atoms with Gasteiger partial charge in [0.2, 0.25) is 5.91 Å². The lowest BCUT2D eigenvalue weighted by Crippen LogP contribution is -2.32. The van der Waals surface area contributed by atoms with Crippen LogP contribution in [-0.4, -0.2) is 52.6 Å². The molecule has 1 N–H and O–H groups in total. The third-order valence-corrected chi connectivity index (χ3v) is 5.47. The van der Waals surface area contributed by atoms with Crippen molar-refractivity contribution in [2.75, 3.05) is 19.6 Å². The van der Waals surface area contributed by atoms with Gasteiger partial charge in [0.05, 0.1) is 12.5 Å². The largest absolute Gasteiger partial charge is 0.490 e. The molecule has 0 bridgehead atoms. The Morgan fingerprint density at radius 1 is 1.13 bits per heavy atom. The van der Waals surface area contributed by atoms with Gasteiger partial charge in [-0.05, 0) is 31.5 Å². The number of benzene rings is 1. The van der Waals surface area contributed by atoms with Crippen LogP contribution in [0.4, 0.5) is 13.2 Å². The van der Waals surface area contributed by atoms with Crippen molar-refractivity contribution in [2.24, 2.45) is 11.8 Å². The zero-order valence-corrected chi connectivity index (χ0v) is 17.4. The fourth-order valence-electron chi connectivity index (χ4n) is 4.13. The van der Waals surface area contributed by atoms with Gasteiger partial charge in [-0.1, -0.05) is 29.8 Å². The summed E-state index contributed by atoms with van der Waals surface area (Å²) in [7, 11) is 0. The summed E-state index contributed by atoms with van der Waals surface area (Å²) in [6, 6.07) is 12.5. The molecule has 0 radical (unpaired) electrons. The van der Waals surface area contributed by atoms with Gasteiger partial charge in [-0.3, -0.25) is 9.69 Å². The summed E-state index contributed by atoms with van der Waals surface area (Å²) < 4.78 is 37.4. The standard InChI is InChI=1S/C20H24N2O2.C2HF3O2/c1-14-4-3-5-16(8-14)9-22-11-17-10-21(13-19(17)20(22)23)12-18-7-6-15(2)24-18;3-2(4,5)1(6)7/h3-8,17,19H,9-13H2,1-2H3;(H,6,7)/t17-,19-;/m0./s1. The third-order valence-electron chi connectivity index (χ3n) is 5.47. The molecule has 2 fully saturated rings. The van der Waals surface area contributed by atoms with Crippen molar-refractivity contribution in [3.05, 3.63) is 59.0 Å². The smallest absolute Gasteiger partial charge is 0.475 e. The van der Waals surface area contributed by atoms with E-state index in [1.54, 1.807) is 0 Å². The van der Waals surface area contributed by atoms with Crippen LogP contribution >= 0.6 is 0 Å². The minimum atomic E-state index is -5.08. The number of rotatable bonds is 4. The lowest BCUT2D eigenvalue weighted by atomic mass is 10.0. The van der Waals surface area contributed by atoms with Crippen LogP contribution in [0.3, 0.4) is 0 Å². The van der Waals surface area contributed by atoms with Crippen LogP contribution in [0.15, 0.2) is 40.8 Å². The van der Waals surface area contributed by atoms with Gasteiger partial charge >= 0.3 is 12.1 Å². The lowest BCUT2D eigenvalue weighted by Gasteiger charge is -2.21. The summed E-state index contributed by atoms with van der Waals surface area (Å²) in [4.78, 5) is 26.0. The van der Waals surface area contributed by atoms with Crippen LogP contribution < -0.4 is 0 Å². The number of halogens is 3. The number of carboxylic acids is 1. The highest BCUT2D eigenvalue weighted by atomic mass is 19.4. The molecule has 0 spiro atoms. The zero-order valence-electron chi connectivity index (χ0n) is 17.4. The Morgan fingerprint density at radius 2 is 1.84 bits per heavy atom. The van der Waals surface area contributed by atoms with Crippen molar-refractivity contribution in [3.8, 4) is 0 Å². The van der Waals surface area contributed by atoms with Crippen LogP contribution in [0.1, 0.15) is 22.6 Å². The monoisotopic (exact) mass is 438 g/mol. The summed E-state index contributed by atoms with van der Waals surface area (Å²) in [5, 5.41) is 7.12. The van der Waals surface area contributed by atoms with Gasteiger partial charge < -0.3 is 14.4 Å². The maximum absolute atomic E-state index is 12.8. The van der Waals surface area contributed by atoms with Crippen molar-refractivity contribution in [2.45, 2.75) is 33.1 Å². The van der Waals surface area contributed by atoms with Gasteiger partial charge in [0.15, 0.2) is 0 Å². The van der Waals surface area contributed by atoms with Crippen LogP contribution in [0.2, 0.25) is 0 Å². The molecule has 0 aliphatic carbocycles. The molecule has 3 heterocycles. The van der Waals surface area contributed by atoms with Crippen LogP contribution in [0.25, 0.3) is 0 Å². The van der Waals surface area contributed by atoms with E-state index in [0.29, 0.717) is 11.8 Å². The average Bonchev–Trinajstić information content (AvgIpc) is 3.33. The lowest BCUT2D eigenvalue weighted by molar-refractivity contribution is -0.192. The molecule has 1 aromatic heterocycles. The van der Waals surface area contributed by atoms with E-state index in [1.165, 1.54) is 11.1 Å². The molecule has 6 nitrogen and oxygen atoms in total. The first-order valence-electron chi connectivity index (χ1n) is 9.95. The van der Waals surface area contributed by atoms with Crippen molar-refractivity contribution < 1.29 is 32.3 Å². The molecule has 168 valence electrons. The predicted molar refractivity (Wildman–Crippen MR) is 106 cm³/mol. The maximum Gasteiger partial charge on any atom is 0.490 e. The molecule has 2 aliphatic rings. The Morgan fingerprint density at radius 3 is 2.39 bits per heavy atom. The normalized spacial score (nSPS) is 21.1. The van der Waals surface area contributed by atoms with Crippen molar-refractivity contribution in [1.82, 2.24) is 9.80 Å². The highest BCUT2D eigenvalue weighted by Gasteiger charge is 2.46. The number of nitrogens with zero attached hydrogens (tertiary/aromatic N) is 2. The van der Waals surface area contributed by atoms with E-state index >= 15 is 0 Å². The van der Waals surface area contributed by atoms with E-state index in [-0.39, 0.29) is 5.92 Å². The molecule has 0 unspecified atom stereocenters. The molecular weight excluding hydrogens is 413 g/mol. The number of carbonyl (C=O) groups excluding carboxylic acids is 1. The number of alkyl halides is 3. The number of aryl methyl sites for hydroxylation is 2. The van der Waals surface area contributed by atoms with Crippen molar-refractivity contribution >= 4 is 11.9 Å². The summed E-state index contributed by atoms with van der Waals surface area (Å²) in [5.41, 5.74) is 2.48. The number of hydrogen-bond donors (Lipinski definition) is 1. The van der Waals surface area contributed by atoms with Crippen LogP contribution in [0, 0.1) is 25.7 Å². The maximum atomic E-state index is 12.8. The molecule has 2 saturated heterocycles. The van der Waals surface area contributed by atoms with E-state index in [1.807, 2.05) is 24.0 Å². The Hall–Kier alpha value is -2.81. The molecule has 2 aromatic rings. The quantitative estimate of drug-likeness (QED) is 0.789. The zero-order chi connectivity index (χ0) is 22.8. The summed E-state index contributed by atoms with van der Waals surface area (Å²) in [5.74, 6) is 0.123. The Balaban J connectivity index is 0.000000339. The molecule has 1 amide bonds. The molecule has 2 atom stereocenters. The Labute approximate surface area is 178 Å². The SMILES string of the molecule is Cc1cccc(CN2C[C@@H]3CN(Cc4ccc(C)o4)C[C@@H]3C2=O)c1.O=C(O)C(F)(F)F. The number of fused-ring (bicyclic) bond motifs is 1. The number of hydrogen-bond acceptors (Lipinski definition) is 4. The predicted octanol–water partition coefficient (Wildman–Crippen LogP) is 3.62. The molecular formula is C22H25F3N2O4. The first kappa shape index (κ1) is 22.9. The number of furan rings is 1. The van der Waals surface area contributed by atoms with E-state index in [9.17, 15) is 18.0 Å².